The highest BCUT2D eigenvalue weighted by Gasteiger charge is 2.31. The Kier molecular flexibility index (Phi) is 7.69. The molecule has 0 spiro atoms. The normalized spacial score (nSPS) is 12.8. The van der Waals surface area contributed by atoms with Gasteiger partial charge in [-0.05, 0) is 65.8 Å². The summed E-state index contributed by atoms with van der Waals surface area (Å²) in [7, 11) is 1.60. The van der Waals surface area contributed by atoms with E-state index in [4.69, 9.17) is 21.5 Å². The standard InChI is InChI=1S/C25H26ClNO4/c1-31-23-15-11-21(12-16-23)25(29,17-3-2-4-24(28)27-30)20-9-5-18(6-10-20)19-7-13-22(26)14-8-19/h5-16,29-30H,2-4,17H2,1H3,(H,27,28). The minimum absolute atomic E-state index is 0.199. The number of ether oxygens (including phenoxy) is 1. The molecule has 0 radical (unpaired) electrons. The Morgan fingerprint density at radius 1 is 0.903 bits per heavy atom. The van der Waals surface area contributed by atoms with Gasteiger partial charge in [-0.1, -0.05) is 60.1 Å². The first-order chi connectivity index (χ1) is 15.0. The van der Waals surface area contributed by atoms with E-state index in [0.29, 0.717) is 30.0 Å². The summed E-state index contributed by atoms with van der Waals surface area (Å²) in [6.45, 7) is 0. The largest absolute Gasteiger partial charge is 0.497 e. The van der Waals surface area contributed by atoms with Gasteiger partial charge >= 0.3 is 0 Å². The van der Waals surface area contributed by atoms with Gasteiger partial charge in [0.25, 0.3) is 0 Å². The van der Waals surface area contributed by atoms with Crippen LogP contribution in [-0.2, 0) is 10.4 Å². The summed E-state index contributed by atoms with van der Waals surface area (Å²) < 4.78 is 5.24. The summed E-state index contributed by atoms with van der Waals surface area (Å²) >= 11 is 5.98. The fourth-order valence-electron chi connectivity index (χ4n) is 3.63. The van der Waals surface area contributed by atoms with E-state index in [1.165, 1.54) is 0 Å². The third kappa shape index (κ3) is 5.64. The van der Waals surface area contributed by atoms with Gasteiger partial charge in [0, 0.05) is 11.4 Å². The molecule has 3 N–H and O–H groups in total. The molecule has 1 unspecified atom stereocenters. The summed E-state index contributed by atoms with van der Waals surface area (Å²) in [6, 6.07) is 22.8. The van der Waals surface area contributed by atoms with E-state index < -0.39 is 11.5 Å². The van der Waals surface area contributed by atoms with Crippen LogP contribution in [0.15, 0.2) is 72.8 Å². The lowest BCUT2D eigenvalue weighted by molar-refractivity contribution is -0.129. The highest BCUT2D eigenvalue weighted by atomic mass is 35.5. The summed E-state index contributed by atoms with van der Waals surface area (Å²) in [5, 5.41) is 21.1. The molecule has 0 aliphatic heterocycles. The molecule has 0 aliphatic carbocycles. The second kappa shape index (κ2) is 10.4. The van der Waals surface area contributed by atoms with Crippen LogP contribution in [0, 0.1) is 0 Å². The predicted octanol–water partition coefficient (Wildman–Crippen LogP) is 5.32. The number of rotatable bonds is 9. The number of unbranched alkanes of at least 4 members (excludes halogenated alkanes) is 1. The fourth-order valence-corrected chi connectivity index (χ4v) is 3.75. The van der Waals surface area contributed by atoms with Crippen molar-refractivity contribution in [2.75, 3.05) is 7.11 Å². The molecule has 0 fully saturated rings. The second-order valence-electron chi connectivity index (χ2n) is 7.42. The Bertz CT molecular complexity index is 988. The van der Waals surface area contributed by atoms with E-state index in [9.17, 15) is 9.90 Å². The maximum Gasteiger partial charge on any atom is 0.243 e. The molecule has 3 aromatic rings. The third-order valence-electron chi connectivity index (χ3n) is 5.42. The Labute approximate surface area is 187 Å². The van der Waals surface area contributed by atoms with Crippen LogP contribution in [0.25, 0.3) is 11.1 Å². The lowest BCUT2D eigenvalue weighted by atomic mass is 9.81. The van der Waals surface area contributed by atoms with E-state index in [1.807, 2.05) is 72.8 Å². The first-order valence-electron chi connectivity index (χ1n) is 10.1. The molecule has 0 saturated heterocycles. The monoisotopic (exact) mass is 439 g/mol. The Balaban J connectivity index is 1.87. The van der Waals surface area contributed by atoms with Crippen molar-refractivity contribution in [3.8, 4) is 16.9 Å². The van der Waals surface area contributed by atoms with Gasteiger partial charge in [0.2, 0.25) is 5.91 Å². The summed E-state index contributed by atoms with van der Waals surface area (Å²) in [5.41, 5.74) is 4.00. The quantitative estimate of drug-likeness (QED) is 0.239. The zero-order valence-electron chi connectivity index (χ0n) is 17.3. The van der Waals surface area contributed by atoms with Crippen molar-refractivity contribution in [2.24, 2.45) is 0 Å². The molecule has 3 rings (SSSR count). The molecule has 162 valence electrons. The molecular weight excluding hydrogens is 414 g/mol. The number of nitrogens with one attached hydrogen (secondary N) is 1. The first-order valence-corrected chi connectivity index (χ1v) is 10.5. The van der Waals surface area contributed by atoms with Crippen molar-refractivity contribution in [2.45, 2.75) is 31.3 Å². The number of benzene rings is 3. The minimum Gasteiger partial charge on any atom is -0.497 e. The lowest BCUT2D eigenvalue weighted by Gasteiger charge is -2.30. The number of aliphatic hydroxyl groups is 1. The van der Waals surface area contributed by atoms with E-state index in [0.717, 1.165) is 22.3 Å². The van der Waals surface area contributed by atoms with Gasteiger partial charge in [0.05, 0.1) is 7.11 Å². The zero-order valence-corrected chi connectivity index (χ0v) is 18.1. The lowest BCUT2D eigenvalue weighted by Crippen LogP contribution is -2.27. The van der Waals surface area contributed by atoms with Crippen LogP contribution in [0.3, 0.4) is 0 Å². The molecule has 0 aliphatic rings. The zero-order chi connectivity index (χ0) is 22.3. The highest BCUT2D eigenvalue weighted by molar-refractivity contribution is 6.30. The third-order valence-corrected chi connectivity index (χ3v) is 5.68. The summed E-state index contributed by atoms with van der Waals surface area (Å²) in [6.07, 6.45) is 1.78. The van der Waals surface area contributed by atoms with Crippen LogP contribution < -0.4 is 10.2 Å². The van der Waals surface area contributed by atoms with E-state index in [1.54, 1.807) is 12.6 Å². The molecule has 3 aromatic carbocycles. The van der Waals surface area contributed by atoms with Crippen molar-refractivity contribution < 1.29 is 19.8 Å². The van der Waals surface area contributed by atoms with Gasteiger partial charge < -0.3 is 9.84 Å². The number of halogens is 1. The van der Waals surface area contributed by atoms with E-state index in [2.05, 4.69) is 0 Å². The van der Waals surface area contributed by atoms with Crippen molar-refractivity contribution in [1.29, 1.82) is 0 Å². The molecule has 6 heteroatoms. The van der Waals surface area contributed by atoms with Crippen molar-refractivity contribution in [3.05, 3.63) is 88.9 Å². The van der Waals surface area contributed by atoms with Gasteiger partial charge in [-0.2, -0.15) is 0 Å². The number of carbonyl (C=O) groups excluding carboxylic acids is 1. The van der Waals surface area contributed by atoms with Gasteiger partial charge in [0.15, 0.2) is 0 Å². The molecular formula is C25H26ClNO4. The van der Waals surface area contributed by atoms with E-state index in [-0.39, 0.29) is 6.42 Å². The number of methoxy groups -OCH3 is 1. The maximum absolute atomic E-state index is 11.7. The molecule has 1 atom stereocenters. The minimum atomic E-state index is -1.22. The van der Waals surface area contributed by atoms with Crippen LogP contribution in [-0.4, -0.2) is 23.3 Å². The molecule has 0 heterocycles. The molecule has 5 nitrogen and oxygen atoms in total. The summed E-state index contributed by atoms with van der Waals surface area (Å²) in [5.74, 6) is 0.282. The van der Waals surface area contributed by atoms with Crippen molar-refractivity contribution >= 4 is 17.5 Å². The smallest absolute Gasteiger partial charge is 0.243 e. The van der Waals surface area contributed by atoms with Crippen LogP contribution in [0.1, 0.15) is 36.8 Å². The van der Waals surface area contributed by atoms with Crippen LogP contribution in [0.2, 0.25) is 5.02 Å². The number of amides is 1. The number of hydrogen-bond acceptors (Lipinski definition) is 4. The van der Waals surface area contributed by atoms with Gasteiger partial charge in [-0.25, -0.2) is 5.48 Å². The Morgan fingerprint density at radius 3 is 1.94 bits per heavy atom. The SMILES string of the molecule is COc1ccc(C(O)(CCCCC(=O)NO)c2ccc(-c3ccc(Cl)cc3)cc2)cc1. The maximum atomic E-state index is 11.7. The van der Waals surface area contributed by atoms with Crippen molar-refractivity contribution in [1.82, 2.24) is 5.48 Å². The van der Waals surface area contributed by atoms with E-state index >= 15 is 0 Å². The average molecular weight is 440 g/mol. The van der Waals surface area contributed by atoms with Crippen LogP contribution >= 0.6 is 11.6 Å². The highest BCUT2D eigenvalue weighted by Crippen LogP contribution is 2.36. The van der Waals surface area contributed by atoms with Gasteiger partial charge in [-0.3, -0.25) is 10.0 Å². The molecule has 31 heavy (non-hydrogen) atoms. The number of hydroxylamine groups is 1. The fraction of sp³-hybridized carbons (Fsp3) is 0.240. The molecule has 1 amide bonds. The van der Waals surface area contributed by atoms with Crippen LogP contribution in [0.4, 0.5) is 0 Å². The topological polar surface area (TPSA) is 78.8 Å². The number of carbonyl (C=O) groups is 1. The predicted molar refractivity (Wildman–Crippen MR) is 121 cm³/mol. The first kappa shape index (κ1) is 22.8. The number of hydrogen-bond donors (Lipinski definition) is 3. The van der Waals surface area contributed by atoms with Gasteiger partial charge in [-0.15, -0.1) is 0 Å². The molecule has 0 aromatic heterocycles. The second-order valence-corrected chi connectivity index (χ2v) is 7.85. The van der Waals surface area contributed by atoms with Crippen molar-refractivity contribution in [3.63, 3.8) is 0 Å². The summed E-state index contributed by atoms with van der Waals surface area (Å²) in [4.78, 5) is 11.3. The Morgan fingerprint density at radius 2 is 1.42 bits per heavy atom. The Hall–Kier alpha value is -2.86. The van der Waals surface area contributed by atoms with Crippen LogP contribution in [0.5, 0.6) is 5.75 Å². The average Bonchev–Trinajstić information content (AvgIpc) is 2.82. The van der Waals surface area contributed by atoms with Gasteiger partial charge in [0.1, 0.15) is 11.4 Å². The molecule has 0 bridgehead atoms. The molecule has 0 saturated carbocycles.